The minimum Gasteiger partial charge on any atom is -0.396 e. The number of fused-ring (bicyclic) bond motifs is 1. The number of nitrogens with zero attached hydrogens (tertiary/aromatic N) is 1. The average molecular weight is 266 g/mol. The number of rotatable bonds is 3. The molecular weight excluding hydrogens is 254 g/mol. The molecule has 0 spiro atoms. The summed E-state index contributed by atoms with van der Waals surface area (Å²) in [5.74, 6) is 0. The Labute approximate surface area is 97.1 Å². The summed E-state index contributed by atoms with van der Waals surface area (Å²) >= 11 is 3.48. The summed E-state index contributed by atoms with van der Waals surface area (Å²) in [6, 6.07) is 8.12. The number of aryl methyl sites for hydroxylation is 1. The van der Waals surface area contributed by atoms with Crippen molar-refractivity contribution in [3.05, 3.63) is 40.5 Å². The lowest BCUT2D eigenvalue weighted by atomic mass is 10.1. The van der Waals surface area contributed by atoms with Crippen LogP contribution in [0.25, 0.3) is 10.9 Å². The second-order valence-corrected chi connectivity index (χ2v) is 4.38. The molecule has 0 saturated carbocycles. The molecule has 0 saturated heterocycles. The van der Waals surface area contributed by atoms with E-state index in [9.17, 15) is 0 Å². The summed E-state index contributed by atoms with van der Waals surface area (Å²) in [5, 5.41) is 9.98. The Kier molecular flexibility index (Phi) is 3.34. The molecule has 15 heavy (non-hydrogen) atoms. The standard InChI is InChI=1S/C12H12BrNO/c13-11-7-9-3-1-5-14-12(9)10(8-11)4-2-6-15/h1,3,5,7-8,15H,2,4,6H2. The topological polar surface area (TPSA) is 33.1 Å². The van der Waals surface area contributed by atoms with Gasteiger partial charge in [0.05, 0.1) is 5.52 Å². The molecule has 3 heteroatoms. The van der Waals surface area contributed by atoms with E-state index in [0.29, 0.717) is 0 Å². The number of halogens is 1. The molecule has 0 fully saturated rings. The maximum Gasteiger partial charge on any atom is 0.0734 e. The highest BCUT2D eigenvalue weighted by Gasteiger charge is 2.03. The van der Waals surface area contributed by atoms with Crippen LogP contribution in [0.4, 0.5) is 0 Å². The molecule has 1 heterocycles. The molecule has 0 unspecified atom stereocenters. The molecule has 1 aromatic heterocycles. The van der Waals surface area contributed by atoms with E-state index in [-0.39, 0.29) is 6.61 Å². The Balaban J connectivity index is 2.50. The van der Waals surface area contributed by atoms with Gasteiger partial charge in [-0.2, -0.15) is 0 Å². The fraction of sp³-hybridized carbons (Fsp3) is 0.250. The van der Waals surface area contributed by atoms with Crippen LogP contribution in [0.3, 0.4) is 0 Å². The van der Waals surface area contributed by atoms with E-state index >= 15 is 0 Å². The normalized spacial score (nSPS) is 10.8. The van der Waals surface area contributed by atoms with E-state index in [1.165, 1.54) is 5.56 Å². The van der Waals surface area contributed by atoms with E-state index < -0.39 is 0 Å². The van der Waals surface area contributed by atoms with Gasteiger partial charge in [0.15, 0.2) is 0 Å². The van der Waals surface area contributed by atoms with Gasteiger partial charge in [0.2, 0.25) is 0 Å². The van der Waals surface area contributed by atoms with Crippen molar-refractivity contribution in [2.75, 3.05) is 6.61 Å². The number of aliphatic hydroxyl groups excluding tert-OH is 1. The van der Waals surface area contributed by atoms with Crippen LogP contribution in [-0.2, 0) is 6.42 Å². The number of hydrogen-bond acceptors (Lipinski definition) is 2. The summed E-state index contributed by atoms with van der Waals surface area (Å²) in [4.78, 5) is 4.37. The van der Waals surface area contributed by atoms with E-state index in [1.807, 2.05) is 6.07 Å². The number of aromatic nitrogens is 1. The molecule has 2 rings (SSSR count). The monoisotopic (exact) mass is 265 g/mol. The first-order valence-electron chi connectivity index (χ1n) is 4.95. The lowest BCUT2D eigenvalue weighted by Crippen LogP contribution is -1.92. The molecule has 0 aliphatic heterocycles. The molecule has 78 valence electrons. The minimum absolute atomic E-state index is 0.223. The van der Waals surface area contributed by atoms with Crippen molar-refractivity contribution < 1.29 is 5.11 Å². The molecule has 0 atom stereocenters. The van der Waals surface area contributed by atoms with E-state index in [4.69, 9.17) is 5.11 Å². The summed E-state index contributed by atoms with van der Waals surface area (Å²) in [5.41, 5.74) is 2.23. The largest absolute Gasteiger partial charge is 0.396 e. The Morgan fingerprint density at radius 3 is 3.00 bits per heavy atom. The molecular formula is C12H12BrNO. The van der Waals surface area contributed by atoms with E-state index in [0.717, 1.165) is 28.2 Å². The number of aliphatic hydroxyl groups is 1. The van der Waals surface area contributed by atoms with Gasteiger partial charge < -0.3 is 5.11 Å². The van der Waals surface area contributed by atoms with Gasteiger partial charge in [0, 0.05) is 22.7 Å². The zero-order chi connectivity index (χ0) is 10.7. The molecule has 0 radical (unpaired) electrons. The predicted octanol–water partition coefficient (Wildman–Crippen LogP) is 2.92. The molecule has 0 aliphatic carbocycles. The van der Waals surface area contributed by atoms with Crippen molar-refractivity contribution >= 4 is 26.8 Å². The third kappa shape index (κ3) is 2.36. The molecule has 0 amide bonds. The van der Waals surface area contributed by atoms with Gasteiger partial charge in [-0.3, -0.25) is 4.98 Å². The maximum absolute atomic E-state index is 8.84. The SMILES string of the molecule is OCCCc1cc(Br)cc2cccnc12. The third-order valence-corrected chi connectivity index (χ3v) is 2.81. The van der Waals surface area contributed by atoms with E-state index in [2.05, 4.69) is 39.1 Å². The van der Waals surface area contributed by atoms with Gasteiger partial charge in [-0.05, 0) is 36.6 Å². The van der Waals surface area contributed by atoms with Crippen molar-refractivity contribution in [1.82, 2.24) is 4.98 Å². The van der Waals surface area contributed by atoms with Crippen molar-refractivity contribution in [3.63, 3.8) is 0 Å². The van der Waals surface area contributed by atoms with Gasteiger partial charge in [-0.25, -0.2) is 0 Å². The van der Waals surface area contributed by atoms with Crippen LogP contribution < -0.4 is 0 Å². The van der Waals surface area contributed by atoms with Crippen LogP contribution in [0.2, 0.25) is 0 Å². The summed E-state index contributed by atoms with van der Waals surface area (Å²) < 4.78 is 1.07. The fourth-order valence-corrected chi connectivity index (χ4v) is 2.21. The third-order valence-electron chi connectivity index (χ3n) is 2.35. The van der Waals surface area contributed by atoms with Crippen LogP contribution in [0.15, 0.2) is 34.9 Å². The quantitative estimate of drug-likeness (QED) is 0.926. The highest BCUT2D eigenvalue weighted by Crippen LogP contribution is 2.23. The van der Waals surface area contributed by atoms with Gasteiger partial charge in [0.1, 0.15) is 0 Å². The maximum atomic E-state index is 8.84. The van der Waals surface area contributed by atoms with Gasteiger partial charge >= 0.3 is 0 Å². The number of hydrogen-bond donors (Lipinski definition) is 1. The average Bonchev–Trinajstić information content (AvgIpc) is 2.25. The van der Waals surface area contributed by atoms with Gasteiger partial charge in [0.25, 0.3) is 0 Å². The van der Waals surface area contributed by atoms with Crippen molar-refractivity contribution in [3.8, 4) is 0 Å². The molecule has 0 bridgehead atoms. The Morgan fingerprint density at radius 2 is 2.20 bits per heavy atom. The Bertz CT molecular complexity index is 470. The lowest BCUT2D eigenvalue weighted by Gasteiger charge is -2.05. The van der Waals surface area contributed by atoms with Crippen molar-refractivity contribution in [1.29, 1.82) is 0 Å². The molecule has 0 aliphatic rings. The van der Waals surface area contributed by atoms with Gasteiger partial charge in [-0.15, -0.1) is 0 Å². The second-order valence-electron chi connectivity index (χ2n) is 3.47. The Hall–Kier alpha value is -0.930. The Morgan fingerprint density at radius 1 is 1.33 bits per heavy atom. The molecule has 1 N–H and O–H groups in total. The van der Waals surface area contributed by atoms with Crippen LogP contribution in [-0.4, -0.2) is 16.7 Å². The fourth-order valence-electron chi connectivity index (χ4n) is 1.69. The van der Waals surface area contributed by atoms with E-state index in [1.54, 1.807) is 6.20 Å². The highest BCUT2D eigenvalue weighted by atomic mass is 79.9. The first-order valence-corrected chi connectivity index (χ1v) is 5.74. The van der Waals surface area contributed by atoms with Crippen molar-refractivity contribution in [2.45, 2.75) is 12.8 Å². The summed E-state index contributed by atoms with van der Waals surface area (Å²) in [7, 11) is 0. The van der Waals surface area contributed by atoms with Crippen LogP contribution in [0.5, 0.6) is 0 Å². The molecule has 2 nitrogen and oxygen atoms in total. The zero-order valence-electron chi connectivity index (χ0n) is 8.28. The smallest absolute Gasteiger partial charge is 0.0734 e. The number of benzene rings is 1. The molecule has 1 aromatic carbocycles. The lowest BCUT2D eigenvalue weighted by molar-refractivity contribution is 0.288. The molecule has 2 aromatic rings. The number of pyridine rings is 1. The second kappa shape index (κ2) is 4.73. The minimum atomic E-state index is 0.223. The van der Waals surface area contributed by atoms with Crippen LogP contribution in [0, 0.1) is 0 Å². The van der Waals surface area contributed by atoms with Crippen LogP contribution >= 0.6 is 15.9 Å². The zero-order valence-corrected chi connectivity index (χ0v) is 9.87. The van der Waals surface area contributed by atoms with Crippen molar-refractivity contribution in [2.24, 2.45) is 0 Å². The predicted molar refractivity (Wildman–Crippen MR) is 64.8 cm³/mol. The first-order chi connectivity index (χ1) is 7.31. The first kappa shape index (κ1) is 10.6. The summed E-state index contributed by atoms with van der Waals surface area (Å²) in [6.07, 6.45) is 3.45. The highest BCUT2D eigenvalue weighted by molar-refractivity contribution is 9.10. The van der Waals surface area contributed by atoms with Gasteiger partial charge in [-0.1, -0.05) is 22.0 Å². The van der Waals surface area contributed by atoms with Crippen LogP contribution in [0.1, 0.15) is 12.0 Å². The summed E-state index contributed by atoms with van der Waals surface area (Å²) in [6.45, 7) is 0.223.